The topological polar surface area (TPSA) is 71.3 Å². The lowest BCUT2D eigenvalue weighted by atomic mass is 9.75. The van der Waals surface area contributed by atoms with Crippen LogP contribution in [0.4, 0.5) is 0 Å². The summed E-state index contributed by atoms with van der Waals surface area (Å²) in [6.45, 7) is 0. The van der Waals surface area contributed by atoms with E-state index in [9.17, 15) is 9.59 Å². The Morgan fingerprint density at radius 2 is 1.87 bits per heavy atom. The van der Waals surface area contributed by atoms with E-state index in [4.69, 9.17) is 5.11 Å². The number of carboxylic acid groups (broad SMARTS) is 1. The Morgan fingerprint density at radius 1 is 1.13 bits per heavy atom. The Bertz CT molecular complexity index is 760. The van der Waals surface area contributed by atoms with E-state index in [-0.39, 0.29) is 23.3 Å². The second-order valence-corrected chi connectivity index (χ2v) is 6.68. The van der Waals surface area contributed by atoms with Crippen molar-refractivity contribution in [2.75, 3.05) is 0 Å². The molecule has 0 radical (unpaired) electrons. The van der Waals surface area contributed by atoms with Crippen LogP contribution in [-0.2, 0) is 4.79 Å². The van der Waals surface area contributed by atoms with E-state index in [0.29, 0.717) is 5.56 Å². The van der Waals surface area contributed by atoms with Gasteiger partial charge in [-0.1, -0.05) is 6.07 Å². The highest BCUT2D eigenvalue weighted by atomic mass is 16.4. The van der Waals surface area contributed by atoms with Crippen molar-refractivity contribution in [2.24, 2.45) is 11.3 Å². The van der Waals surface area contributed by atoms with Crippen molar-refractivity contribution in [2.45, 2.75) is 25.3 Å². The monoisotopic (exact) mass is 310 g/mol. The Kier molecular flexibility index (Phi) is 3.04. The molecule has 1 atom stereocenters. The molecule has 0 unspecified atom stereocenters. The van der Waals surface area contributed by atoms with E-state index in [1.807, 2.05) is 47.3 Å². The van der Waals surface area contributed by atoms with Crippen molar-refractivity contribution in [1.82, 2.24) is 9.88 Å². The molecule has 5 nitrogen and oxygen atoms in total. The maximum absolute atomic E-state index is 12.4. The minimum absolute atomic E-state index is 0.0310. The first-order chi connectivity index (χ1) is 11.1. The minimum atomic E-state index is -0.700. The third-order valence-corrected chi connectivity index (χ3v) is 5.14. The summed E-state index contributed by atoms with van der Waals surface area (Å²) in [5.41, 5.74) is 1.54. The molecular formula is C18H18N2O3. The van der Waals surface area contributed by atoms with E-state index in [1.54, 1.807) is 6.07 Å². The highest BCUT2D eigenvalue weighted by molar-refractivity contribution is 5.95. The first kappa shape index (κ1) is 14.1. The largest absolute Gasteiger partial charge is 0.481 e. The van der Waals surface area contributed by atoms with Crippen LogP contribution < -0.4 is 5.32 Å². The van der Waals surface area contributed by atoms with Crippen LogP contribution in [0.25, 0.3) is 5.69 Å². The summed E-state index contributed by atoms with van der Waals surface area (Å²) in [6.07, 6.45) is 6.20. The summed E-state index contributed by atoms with van der Waals surface area (Å²) < 4.78 is 1.96. The Hall–Kier alpha value is -2.56. The van der Waals surface area contributed by atoms with Gasteiger partial charge in [0.1, 0.15) is 0 Å². The highest BCUT2D eigenvalue weighted by Gasteiger charge is 2.65. The summed E-state index contributed by atoms with van der Waals surface area (Å²) >= 11 is 0. The molecule has 2 aliphatic carbocycles. The number of hydrogen-bond donors (Lipinski definition) is 2. The second-order valence-electron chi connectivity index (χ2n) is 6.68. The van der Waals surface area contributed by atoms with Gasteiger partial charge >= 0.3 is 5.97 Å². The van der Waals surface area contributed by atoms with Crippen molar-refractivity contribution in [3.63, 3.8) is 0 Å². The quantitative estimate of drug-likeness (QED) is 0.911. The van der Waals surface area contributed by atoms with Gasteiger partial charge in [-0.3, -0.25) is 9.59 Å². The van der Waals surface area contributed by atoms with Crippen molar-refractivity contribution in [1.29, 1.82) is 0 Å². The normalized spacial score (nSPS) is 28.2. The molecule has 1 spiro atoms. The molecule has 1 heterocycles. The number of nitrogens with zero attached hydrogens (tertiary/aromatic N) is 1. The van der Waals surface area contributed by atoms with Gasteiger partial charge in [-0.25, -0.2) is 0 Å². The van der Waals surface area contributed by atoms with Gasteiger partial charge in [0.15, 0.2) is 0 Å². The number of hydrogen-bond acceptors (Lipinski definition) is 2. The molecule has 0 saturated heterocycles. The van der Waals surface area contributed by atoms with Gasteiger partial charge in [-0.2, -0.15) is 0 Å². The number of carbonyl (C=O) groups excluding carboxylic acids is 1. The van der Waals surface area contributed by atoms with Gasteiger partial charge in [0.2, 0.25) is 0 Å². The predicted molar refractivity (Wildman–Crippen MR) is 84.4 cm³/mol. The summed E-state index contributed by atoms with van der Waals surface area (Å²) in [5.74, 6) is -0.992. The van der Waals surface area contributed by atoms with Gasteiger partial charge in [-0.05, 0) is 55.0 Å². The average Bonchev–Trinajstić information content (AvgIpc) is 3.02. The van der Waals surface area contributed by atoms with Gasteiger partial charge in [0.25, 0.3) is 5.91 Å². The second kappa shape index (κ2) is 4.98. The van der Waals surface area contributed by atoms with Crippen LogP contribution in [0, 0.1) is 11.3 Å². The standard InChI is InChI=1S/C18H18N2O3/c21-16(19-13-9-18(10-13)11-15(18)17(22)23)12-4-3-5-14(8-12)20-6-1-2-7-20/h1-8,13,15H,9-11H2,(H,19,21)(H,22,23)/t13?,15-,18?/m0/s1. The molecule has 2 aliphatic rings. The minimum Gasteiger partial charge on any atom is -0.481 e. The number of aromatic nitrogens is 1. The molecule has 1 aromatic heterocycles. The lowest BCUT2D eigenvalue weighted by Crippen LogP contribution is -2.46. The predicted octanol–water partition coefficient (Wildman–Crippen LogP) is 2.46. The first-order valence-electron chi connectivity index (χ1n) is 7.84. The molecule has 2 saturated carbocycles. The zero-order valence-electron chi connectivity index (χ0n) is 12.6. The molecule has 4 rings (SSSR count). The molecule has 0 aliphatic heterocycles. The van der Waals surface area contributed by atoms with Crippen LogP contribution in [0.2, 0.25) is 0 Å². The first-order valence-corrected chi connectivity index (χ1v) is 7.84. The number of carboxylic acids is 1. The molecule has 2 aromatic rings. The van der Waals surface area contributed by atoms with Crippen molar-refractivity contribution < 1.29 is 14.7 Å². The van der Waals surface area contributed by atoms with Crippen LogP contribution in [0.5, 0.6) is 0 Å². The zero-order valence-corrected chi connectivity index (χ0v) is 12.6. The van der Waals surface area contributed by atoms with Crippen molar-refractivity contribution in [3.05, 3.63) is 54.4 Å². The summed E-state index contributed by atoms with van der Waals surface area (Å²) in [6, 6.07) is 11.5. The van der Waals surface area contributed by atoms with Gasteiger partial charge < -0.3 is 15.0 Å². The average molecular weight is 310 g/mol. The molecule has 0 bridgehead atoms. The summed E-state index contributed by atoms with van der Waals surface area (Å²) in [5, 5.41) is 12.1. The molecule has 1 aromatic carbocycles. The summed E-state index contributed by atoms with van der Waals surface area (Å²) in [7, 11) is 0. The van der Waals surface area contributed by atoms with Crippen LogP contribution in [0.1, 0.15) is 29.6 Å². The molecule has 2 fully saturated rings. The third-order valence-electron chi connectivity index (χ3n) is 5.14. The van der Waals surface area contributed by atoms with Crippen molar-refractivity contribution >= 4 is 11.9 Å². The number of aliphatic carboxylic acids is 1. The molecule has 2 N–H and O–H groups in total. The number of amides is 1. The van der Waals surface area contributed by atoms with Crippen LogP contribution in [0.15, 0.2) is 48.8 Å². The Balaban J connectivity index is 1.39. The van der Waals surface area contributed by atoms with E-state index in [0.717, 1.165) is 24.9 Å². The lowest BCUT2D eigenvalue weighted by molar-refractivity contribution is -0.140. The molecule has 23 heavy (non-hydrogen) atoms. The van der Waals surface area contributed by atoms with E-state index < -0.39 is 5.97 Å². The van der Waals surface area contributed by atoms with Crippen molar-refractivity contribution in [3.8, 4) is 5.69 Å². The summed E-state index contributed by atoms with van der Waals surface area (Å²) in [4.78, 5) is 23.4. The van der Waals surface area contributed by atoms with Gasteiger partial charge in [0.05, 0.1) is 5.92 Å². The molecule has 118 valence electrons. The van der Waals surface area contributed by atoms with Crippen LogP contribution >= 0.6 is 0 Å². The SMILES string of the molecule is O=C(NC1CC2(C1)C[C@H]2C(=O)O)c1cccc(-n2cccc2)c1. The fraction of sp³-hybridized carbons (Fsp3) is 0.333. The number of carbonyl (C=O) groups is 2. The number of benzene rings is 1. The van der Waals surface area contributed by atoms with Gasteiger partial charge in [-0.15, -0.1) is 0 Å². The van der Waals surface area contributed by atoms with E-state index in [1.165, 1.54) is 0 Å². The molecule has 1 amide bonds. The zero-order chi connectivity index (χ0) is 16.0. The maximum atomic E-state index is 12.4. The van der Waals surface area contributed by atoms with Crippen LogP contribution in [-0.4, -0.2) is 27.6 Å². The van der Waals surface area contributed by atoms with Gasteiger partial charge in [0, 0.05) is 29.7 Å². The smallest absolute Gasteiger partial charge is 0.307 e. The molecular weight excluding hydrogens is 292 g/mol. The maximum Gasteiger partial charge on any atom is 0.307 e. The highest BCUT2D eigenvalue weighted by Crippen LogP contribution is 2.65. The molecule has 5 heteroatoms. The lowest BCUT2D eigenvalue weighted by Gasteiger charge is -2.37. The van der Waals surface area contributed by atoms with Crippen LogP contribution in [0.3, 0.4) is 0 Å². The Morgan fingerprint density at radius 3 is 2.52 bits per heavy atom. The number of nitrogens with one attached hydrogen (secondary N) is 1. The fourth-order valence-electron chi connectivity index (χ4n) is 3.75. The Labute approximate surface area is 133 Å². The number of rotatable bonds is 4. The third kappa shape index (κ3) is 2.42. The van der Waals surface area contributed by atoms with E-state index >= 15 is 0 Å². The van der Waals surface area contributed by atoms with E-state index in [2.05, 4.69) is 5.32 Å². The fourth-order valence-corrected chi connectivity index (χ4v) is 3.75.